The van der Waals surface area contributed by atoms with Crippen molar-refractivity contribution >= 4 is 21.4 Å². The van der Waals surface area contributed by atoms with Gasteiger partial charge in [-0.25, -0.2) is 12.8 Å². The average Bonchev–Trinajstić information content (AvgIpc) is 3.03. The molecule has 1 heterocycles. The van der Waals surface area contributed by atoms with Gasteiger partial charge < -0.3 is 15.0 Å². The molecule has 1 amide bonds. The van der Waals surface area contributed by atoms with E-state index in [9.17, 15) is 40.4 Å². The zero-order valence-corrected chi connectivity index (χ0v) is 25.5. The number of carbonyl (C=O) groups excluding carboxylic acids is 1. The third kappa shape index (κ3) is 7.64. The first kappa shape index (κ1) is 34.8. The van der Waals surface area contributed by atoms with Crippen LogP contribution in [0.2, 0.25) is 0 Å². The molecule has 0 spiro atoms. The van der Waals surface area contributed by atoms with Crippen LogP contribution in [0.5, 0.6) is 0 Å². The van der Waals surface area contributed by atoms with Crippen molar-refractivity contribution in [2.24, 2.45) is 0 Å². The Balaban J connectivity index is 1.64. The highest BCUT2D eigenvalue weighted by Crippen LogP contribution is 2.43. The number of sulfone groups is 1. The summed E-state index contributed by atoms with van der Waals surface area (Å²) in [5.41, 5.74) is -1.85. The Morgan fingerprint density at radius 3 is 2.30 bits per heavy atom. The van der Waals surface area contributed by atoms with Crippen LogP contribution in [-0.4, -0.2) is 39.8 Å². The van der Waals surface area contributed by atoms with Crippen molar-refractivity contribution in [3.8, 4) is 6.07 Å². The van der Waals surface area contributed by atoms with E-state index in [2.05, 4.69) is 10.1 Å². The van der Waals surface area contributed by atoms with Crippen LogP contribution in [0.4, 0.5) is 32.0 Å². The number of piperidine rings is 1. The highest BCUT2D eigenvalue weighted by molar-refractivity contribution is 7.91. The number of alkyl halides is 5. The normalized spacial score (nSPS) is 17.8. The van der Waals surface area contributed by atoms with Gasteiger partial charge in [0.05, 0.1) is 52.6 Å². The van der Waals surface area contributed by atoms with Crippen LogP contribution in [0.25, 0.3) is 0 Å². The van der Waals surface area contributed by atoms with Gasteiger partial charge in [0, 0.05) is 12.1 Å². The molecule has 0 saturated carbocycles. The van der Waals surface area contributed by atoms with Crippen molar-refractivity contribution in [3.63, 3.8) is 0 Å². The third-order valence-corrected chi connectivity index (χ3v) is 9.81. The van der Waals surface area contributed by atoms with Crippen LogP contribution in [0.1, 0.15) is 65.7 Å². The summed E-state index contributed by atoms with van der Waals surface area (Å²) in [6.45, 7) is -2.14. The minimum absolute atomic E-state index is 0.0599. The van der Waals surface area contributed by atoms with Crippen LogP contribution in [0.15, 0.2) is 71.6 Å². The number of nitrogens with one attached hydrogen (secondary N) is 1. The first-order valence-electron chi connectivity index (χ1n) is 14.4. The number of nitrogens with zero attached hydrogens (tertiary/aromatic N) is 2. The Morgan fingerprint density at radius 2 is 1.74 bits per heavy atom. The van der Waals surface area contributed by atoms with Gasteiger partial charge in [0.2, 0.25) is 0 Å². The lowest BCUT2D eigenvalue weighted by Crippen LogP contribution is -2.53. The van der Waals surface area contributed by atoms with Gasteiger partial charge in [-0.1, -0.05) is 31.2 Å². The summed E-state index contributed by atoms with van der Waals surface area (Å²) in [5, 5.41) is 12.0. The largest absolute Gasteiger partial charge is 0.416 e. The number of halogens is 6. The first-order chi connectivity index (χ1) is 21.7. The summed E-state index contributed by atoms with van der Waals surface area (Å²) in [6.07, 6.45) is -3.56. The van der Waals surface area contributed by atoms with E-state index >= 15 is 4.39 Å². The third-order valence-electron chi connectivity index (χ3n) is 8.06. The SMILES string of the molecule is CCS(=O)(=O)c1ccc([C@H](CC#N)NC(=O)c2ccc(N3CCCC[C@@]3(COC(F)F)c3ccc(C(F)(F)F)cc3)c(F)c2)cc1. The fraction of sp³-hybridized carbons (Fsp3) is 0.375. The molecule has 3 aromatic carbocycles. The molecule has 1 N–H and O–H groups in total. The van der Waals surface area contributed by atoms with Crippen molar-refractivity contribution in [2.45, 2.75) is 61.9 Å². The zero-order chi connectivity index (χ0) is 33.7. The Morgan fingerprint density at radius 1 is 1.07 bits per heavy atom. The second kappa shape index (κ2) is 14.1. The van der Waals surface area contributed by atoms with Crippen molar-refractivity contribution in [2.75, 3.05) is 23.8 Å². The van der Waals surface area contributed by atoms with Gasteiger partial charge in [-0.3, -0.25) is 4.79 Å². The smallest absolute Gasteiger partial charge is 0.357 e. The molecule has 0 radical (unpaired) electrons. The van der Waals surface area contributed by atoms with Crippen LogP contribution in [-0.2, 0) is 26.3 Å². The molecular weight excluding hydrogens is 636 g/mol. The van der Waals surface area contributed by atoms with Crippen molar-refractivity contribution in [3.05, 3.63) is 94.8 Å². The molecule has 1 fully saturated rings. The predicted octanol–water partition coefficient (Wildman–Crippen LogP) is 7.15. The highest BCUT2D eigenvalue weighted by Gasteiger charge is 2.43. The van der Waals surface area contributed by atoms with Gasteiger partial charge in [0.1, 0.15) is 5.82 Å². The summed E-state index contributed by atoms with van der Waals surface area (Å²) in [6, 6.07) is 14.4. The number of amides is 1. The molecule has 0 bridgehead atoms. The summed E-state index contributed by atoms with van der Waals surface area (Å²) >= 11 is 0. The van der Waals surface area contributed by atoms with Gasteiger partial charge in [0.25, 0.3) is 5.91 Å². The monoisotopic (exact) mass is 667 g/mol. The Labute approximate surface area is 262 Å². The Kier molecular flexibility index (Phi) is 10.7. The number of hydrogen-bond acceptors (Lipinski definition) is 6. The molecule has 1 aliphatic rings. The lowest BCUT2D eigenvalue weighted by atomic mass is 9.80. The van der Waals surface area contributed by atoms with E-state index in [1.807, 2.05) is 6.07 Å². The fourth-order valence-corrected chi connectivity index (χ4v) is 6.50. The van der Waals surface area contributed by atoms with E-state index in [0.29, 0.717) is 18.4 Å². The topological polar surface area (TPSA) is 99.5 Å². The number of anilines is 1. The standard InChI is InChI=1S/C32H31F6N3O4S/c1-2-46(43,44)25-12-5-21(6-13-25)27(15-17-39)40-29(42)22-7-14-28(26(33)19-22)41-18-4-3-16-31(41,20-45-30(34)35)23-8-10-24(11-9-23)32(36,37)38/h5-14,19,27,30H,2-4,15-16,18,20H2,1H3,(H,40,42)/t27-,31+/m0/s1. The lowest BCUT2D eigenvalue weighted by molar-refractivity contribution is -0.144. The van der Waals surface area contributed by atoms with Gasteiger partial charge in [0.15, 0.2) is 9.84 Å². The molecule has 0 aliphatic carbocycles. The minimum Gasteiger partial charge on any atom is -0.357 e. The summed E-state index contributed by atoms with van der Waals surface area (Å²) < 4.78 is 111. The molecule has 0 aromatic heterocycles. The quantitative estimate of drug-likeness (QED) is 0.218. The minimum atomic E-state index is -4.62. The molecule has 2 atom stereocenters. The number of ether oxygens (including phenoxy) is 1. The maximum Gasteiger partial charge on any atom is 0.416 e. The van der Waals surface area contributed by atoms with Crippen molar-refractivity contribution in [1.82, 2.24) is 5.32 Å². The predicted molar refractivity (Wildman–Crippen MR) is 157 cm³/mol. The molecule has 1 aliphatic heterocycles. The van der Waals surface area contributed by atoms with E-state index < -0.39 is 58.1 Å². The molecule has 7 nitrogen and oxygen atoms in total. The molecule has 3 aromatic rings. The maximum absolute atomic E-state index is 15.8. The maximum atomic E-state index is 15.8. The number of carbonyl (C=O) groups is 1. The lowest BCUT2D eigenvalue weighted by Gasteiger charge is -2.49. The van der Waals surface area contributed by atoms with Gasteiger partial charge in [-0.2, -0.15) is 27.2 Å². The van der Waals surface area contributed by atoms with Gasteiger partial charge in [-0.15, -0.1) is 0 Å². The van der Waals surface area contributed by atoms with Crippen LogP contribution < -0.4 is 10.2 Å². The van der Waals surface area contributed by atoms with E-state index in [-0.39, 0.29) is 46.8 Å². The molecule has 1 saturated heterocycles. The first-order valence-corrected chi connectivity index (χ1v) is 16.0. The average molecular weight is 668 g/mol. The van der Waals surface area contributed by atoms with Crippen LogP contribution >= 0.6 is 0 Å². The van der Waals surface area contributed by atoms with Crippen molar-refractivity contribution in [1.29, 1.82) is 5.26 Å². The summed E-state index contributed by atoms with van der Waals surface area (Å²) in [5.74, 6) is -1.72. The van der Waals surface area contributed by atoms with E-state index in [0.717, 1.165) is 18.2 Å². The van der Waals surface area contributed by atoms with Gasteiger partial charge >= 0.3 is 12.8 Å². The van der Waals surface area contributed by atoms with E-state index in [1.165, 1.54) is 60.4 Å². The Bertz CT molecular complexity index is 1680. The van der Waals surface area contributed by atoms with Crippen LogP contribution in [0, 0.1) is 17.1 Å². The van der Waals surface area contributed by atoms with Gasteiger partial charge in [-0.05, 0) is 72.9 Å². The fourth-order valence-electron chi connectivity index (χ4n) is 5.62. The number of nitriles is 1. The highest BCUT2D eigenvalue weighted by atomic mass is 32.2. The number of benzene rings is 3. The van der Waals surface area contributed by atoms with Crippen LogP contribution in [0.3, 0.4) is 0 Å². The Hall–Kier alpha value is -4.09. The molecule has 246 valence electrons. The zero-order valence-electron chi connectivity index (χ0n) is 24.7. The second-order valence-corrected chi connectivity index (χ2v) is 13.1. The summed E-state index contributed by atoms with van der Waals surface area (Å²) in [4.78, 5) is 14.7. The second-order valence-electron chi connectivity index (χ2n) is 10.8. The van der Waals surface area contributed by atoms with Crippen molar-refractivity contribution < 1.29 is 44.3 Å². The molecule has 4 rings (SSSR count). The molecule has 0 unspecified atom stereocenters. The molecular formula is C32H31F6N3O4S. The summed E-state index contributed by atoms with van der Waals surface area (Å²) in [7, 11) is -3.47. The molecule has 14 heteroatoms. The molecule has 46 heavy (non-hydrogen) atoms. The number of hydrogen-bond donors (Lipinski definition) is 1. The number of rotatable bonds is 11. The van der Waals surface area contributed by atoms with E-state index in [4.69, 9.17) is 0 Å². The van der Waals surface area contributed by atoms with E-state index in [1.54, 1.807) is 0 Å².